The second kappa shape index (κ2) is 4.78. The van der Waals surface area contributed by atoms with Crippen molar-refractivity contribution < 1.29 is 9.59 Å². The molecule has 0 saturated carbocycles. The van der Waals surface area contributed by atoms with Gasteiger partial charge in [-0.05, 0) is 20.8 Å². The number of nitrogens with one attached hydrogen (secondary N) is 1. The van der Waals surface area contributed by atoms with E-state index in [-0.39, 0.29) is 0 Å². The molecule has 0 rings (SSSR count). The van der Waals surface area contributed by atoms with Crippen LogP contribution in [0.5, 0.6) is 0 Å². The lowest BCUT2D eigenvalue weighted by Gasteiger charge is -2.23. The van der Waals surface area contributed by atoms with E-state index in [0.717, 1.165) is 0 Å². The molecule has 0 radical (unpaired) electrons. The largest absolute Gasteiger partial charge is 0.350 e. The van der Waals surface area contributed by atoms with Gasteiger partial charge in [0.1, 0.15) is 0 Å². The lowest BCUT2D eigenvalue weighted by molar-refractivity contribution is -0.138. The summed E-state index contributed by atoms with van der Waals surface area (Å²) in [6.45, 7) is 5.37. The van der Waals surface area contributed by atoms with E-state index in [2.05, 4.69) is 5.32 Å². The minimum atomic E-state index is -1.26. The molecule has 1 N–H and O–H groups in total. The van der Waals surface area contributed by atoms with Crippen LogP contribution in [-0.2, 0) is 9.59 Å². The molecule has 0 aliphatic carbocycles. The number of nitriles is 1. The Morgan fingerprint density at radius 2 is 1.80 bits per heavy atom. The van der Waals surface area contributed by atoms with Crippen LogP contribution in [-0.4, -0.2) is 36.3 Å². The average Bonchev–Trinajstić information content (AvgIpc) is 2.01. The fourth-order valence-electron chi connectivity index (χ4n) is 0.926. The van der Waals surface area contributed by atoms with E-state index in [1.54, 1.807) is 26.8 Å². The molecule has 0 fully saturated rings. The summed E-state index contributed by atoms with van der Waals surface area (Å²) < 4.78 is 0. The molecule has 5 nitrogen and oxygen atoms in total. The lowest BCUT2D eigenvalue weighted by atomic mass is 10.0. The number of nitrogens with zero attached hydrogens (tertiary/aromatic N) is 2. The topological polar surface area (TPSA) is 73.2 Å². The van der Waals surface area contributed by atoms with Crippen molar-refractivity contribution in [2.45, 2.75) is 26.3 Å². The van der Waals surface area contributed by atoms with Crippen LogP contribution in [0.1, 0.15) is 20.8 Å². The zero-order chi connectivity index (χ0) is 12.2. The quantitative estimate of drug-likeness (QED) is 0.660. The van der Waals surface area contributed by atoms with Crippen molar-refractivity contribution in [3.8, 4) is 6.07 Å². The zero-order valence-corrected chi connectivity index (χ0v) is 9.79. The van der Waals surface area contributed by atoms with Crippen LogP contribution < -0.4 is 5.32 Å². The van der Waals surface area contributed by atoms with E-state index in [1.165, 1.54) is 19.0 Å². The first kappa shape index (κ1) is 13.4. The molecule has 0 aromatic carbocycles. The smallest absolute Gasteiger partial charge is 0.249 e. The van der Waals surface area contributed by atoms with Gasteiger partial charge < -0.3 is 10.2 Å². The first-order chi connectivity index (χ1) is 6.69. The highest BCUT2D eigenvalue weighted by Gasteiger charge is 2.30. The molecule has 1 unspecified atom stereocenters. The Hall–Kier alpha value is -1.57. The normalized spacial score (nSPS) is 12.5. The van der Waals surface area contributed by atoms with Gasteiger partial charge in [-0.3, -0.25) is 9.59 Å². The van der Waals surface area contributed by atoms with Crippen molar-refractivity contribution in [2.75, 3.05) is 14.1 Å². The summed E-state index contributed by atoms with van der Waals surface area (Å²) in [7, 11) is 3.02. The summed E-state index contributed by atoms with van der Waals surface area (Å²) >= 11 is 0. The second-order valence-corrected chi connectivity index (χ2v) is 4.53. The Morgan fingerprint density at radius 1 is 1.33 bits per heavy atom. The third kappa shape index (κ3) is 4.45. The molecule has 0 aromatic heterocycles. The first-order valence-corrected chi connectivity index (χ1v) is 4.62. The SMILES string of the molecule is CN(C)C(=O)C(C#N)C(=O)NC(C)(C)C. The number of carbonyl (C=O) groups is 2. The lowest BCUT2D eigenvalue weighted by Crippen LogP contribution is -2.47. The Morgan fingerprint density at radius 3 is 2.07 bits per heavy atom. The van der Waals surface area contributed by atoms with Crippen LogP contribution in [0, 0.1) is 17.2 Å². The molecule has 2 amide bonds. The van der Waals surface area contributed by atoms with Crippen molar-refractivity contribution >= 4 is 11.8 Å². The Balaban J connectivity index is 4.66. The Labute approximate surface area is 90.0 Å². The van der Waals surface area contributed by atoms with E-state index in [4.69, 9.17) is 5.26 Å². The number of hydrogen-bond donors (Lipinski definition) is 1. The standard InChI is InChI=1S/C10H17N3O2/c1-10(2,3)12-8(14)7(6-11)9(15)13(4)5/h7H,1-5H3,(H,12,14). The zero-order valence-electron chi connectivity index (χ0n) is 9.79. The molecule has 0 aromatic rings. The van der Waals surface area contributed by atoms with Gasteiger partial charge >= 0.3 is 0 Å². The van der Waals surface area contributed by atoms with Gasteiger partial charge in [-0.25, -0.2) is 0 Å². The van der Waals surface area contributed by atoms with Crippen molar-refractivity contribution in [1.82, 2.24) is 10.2 Å². The van der Waals surface area contributed by atoms with Gasteiger partial charge in [-0.1, -0.05) is 0 Å². The van der Waals surface area contributed by atoms with Crippen molar-refractivity contribution in [1.29, 1.82) is 5.26 Å². The van der Waals surface area contributed by atoms with Gasteiger partial charge in [-0.15, -0.1) is 0 Å². The molecule has 0 spiro atoms. The Bertz CT molecular complexity index is 297. The summed E-state index contributed by atoms with van der Waals surface area (Å²) in [4.78, 5) is 24.2. The highest BCUT2D eigenvalue weighted by Crippen LogP contribution is 2.05. The molecule has 0 bridgehead atoms. The average molecular weight is 211 g/mol. The van der Waals surface area contributed by atoms with Gasteiger partial charge in [0, 0.05) is 19.6 Å². The van der Waals surface area contributed by atoms with Crippen LogP contribution >= 0.6 is 0 Å². The molecule has 5 heteroatoms. The number of amides is 2. The van der Waals surface area contributed by atoms with E-state index < -0.39 is 23.3 Å². The fraction of sp³-hybridized carbons (Fsp3) is 0.700. The minimum absolute atomic E-state index is 0.446. The highest BCUT2D eigenvalue weighted by molar-refractivity contribution is 6.02. The first-order valence-electron chi connectivity index (χ1n) is 4.62. The van der Waals surface area contributed by atoms with Crippen LogP contribution in [0.25, 0.3) is 0 Å². The molecule has 0 saturated heterocycles. The third-order valence-corrected chi connectivity index (χ3v) is 1.58. The number of carbonyl (C=O) groups excluding carboxylic acids is 2. The molecule has 1 atom stereocenters. The van der Waals surface area contributed by atoms with E-state index >= 15 is 0 Å². The maximum absolute atomic E-state index is 11.6. The second-order valence-electron chi connectivity index (χ2n) is 4.53. The predicted octanol–water partition coefficient (Wildman–Crippen LogP) is 0.129. The van der Waals surface area contributed by atoms with E-state index in [0.29, 0.717) is 0 Å². The summed E-state index contributed by atoms with van der Waals surface area (Å²) in [6, 6.07) is 1.70. The van der Waals surface area contributed by atoms with Crippen LogP contribution in [0.2, 0.25) is 0 Å². The molecule has 84 valence electrons. The minimum Gasteiger partial charge on any atom is -0.350 e. The third-order valence-electron chi connectivity index (χ3n) is 1.58. The van der Waals surface area contributed by atoms with Gasteiger partial charge in [0.05, 0.1) is 6.07 Å². The molecule has 15 heavy (non-hydrogen) atoms. The van der Waals surface area contributed by atoms with Crippen LogP contribution in [0.3, 0.4) is 0 Å². The maximum atomic E-state index is 11.6. The van der Waals surface area contributed by atoms with Crippen LogP contribution in [0.4, 0.5) is 0 Å². The van der Waals surface area contributed by atoms with Crippen molar-refractivity contribution in [2.24, 2.45) is 5.92 Å². The summed E-state index contributed by atoms with van der Waals surface area (Å²) in [6.07, 6.45) is 0. The van der Waals surface area contributed by atoms with Crippen LogP contribution in [0.15, 0.2) is 0 Å². The fourth-order valence-corrected chi connectivity index (χ4v) is 0.926. The van der Waals surface area contributed by atoms with Gasteiger partial charge in [0.25, 0.3) is 0 Å². The van der Waals surface area contributed by atoms with Crippen molar-refractivity contribution in [3.63, 3.8) is 0 Å². The number of hydrogen-bond acceptors (Lipinski definition) is 3. The van der Waals surface area contributed by atoms with Gasteiger partial charge in [-0.2, -0.15) is 5.26 Å². The molecule has 0 aliphatic rings. The molecular formula is C10H17N3O2. The van der Waals surface area contributed by atoms with Crippen molar-refractivity contribution in [3.05, 3.63) is 0 Å². The summed E-state index contributed by atoms with van der Waals surface area (Å²) in [5.41, 5.74) is -0.446. The monoisotopic (exact) mass is 211 g/mol. The highest BCUT2D eigenvalue weighted by atomic mass is 16.2. The van der Waals surface area contributed by atoms with E-state index in [9.17, 15) is 9.59 Å². The predicted molar refractivity (Wildman–Crippen MR) is 55.7 cm³/mol. The molecular weight excluding hydrogens is 194 g/mol. The summed E-state index contributed by atoms with van der Waals surface area (Å²) in [5, 5.41) is 11.4. The maximum Gasteiger partial charge on any atom is 0.249 e. The molecule has 0 heterocycles. The van der Waals surface area contributed by atoms with E-state index in [1.807, 2.05) is 0 Å². The summed E-state index contributed by atoms with van der Waals surface area (Å²) in [5.74, 6) is -2.32. The van der Waals surface area contributed by atoms with Gasteiger partial charge in [0.2, 0.25) is 17.7 Å². The van der Waals surface area contributed by atoms with Gasteiger partial charge in [0.15, 0.2) is 0 Å². The number of rotatable bonds is 2. The molecule has 0 aliphatic heterocycles. The Kier molecular flexibility index (Phi) is 4.28.